The van der Waals surface area contributed by atoms with Crippen LogP contribution in [0.25, 0.3) is 0 Å². The van der Waals surface area contributed by atoms with E-state index in [1.807, 2.05) is 0 Å². The molecule has 0 bridgehead atoms. The number of hydrogen-bond donors (Lipinski definition) is 4. The van der Waals surface area contributed by atoms with E-state index in [0.29, 0.717) is 6.42 Å². The molecule has 2 fully saturated rings. The molecule has 0 spiro atoms. The molecule has 2 unspecified atom stereocenters. The third kappa shape index (κ3) is 5.80. The molecule has 2 aliphatic rings. The van der Waals surface area contributed by atoms with E-state index in [1.54, 1.807) is 0 Å². The molecule has 4 heteroatoms. The highest BCUT2D eigenvalue weighted by molar-refractivity contribution is 4.70. The maximum Gasteiger partial charge on any atom is 0.0564 e. The maximum absolute atomic E-state index is 8.92. The fraction of sp³-hybridized carbons (Fsp3) is 1.00. The van der Waals surface area contributed by atoms with Gasteiger partial charge in [-0.05, 0) is 51.4 Å². The van der Waals surface area contributed by atoms with E-state index in [1.165, 1.54) is 0 Å². The fourth-order valence-electron chi connectivity index (χ4n) is 2.20. The molecule has 2 saturated carbocycles. The second kappa shape index (κ2) is 7.22. The Bertz CT molecular complexity index is 160. The van der Waals surface area contributed by atoms with Crippen LogP contribution in [0, 0.1) is 0 Å². The molecule has 2 aliphatic carbocycles. The lowest BCUT2D eigenvalue weighted by atomic mass is 9.95. The summed E-state index contributed by atoms with van der Waals surface area (Å²) in [6.45, 7) is 0. The van der Waals surface area contributed by atoms with Crippen molar-refractivity contribution >= 4 is 0 Å². The van der Waals surface area contributed by atoms with Crippen molar-refractivity contribution in [2.24, 2.45) is 0 Å². The first kappa shape index (κ1) is 13.9. The van der Waals surface area contributed by atoms with Crippen LogP contribution < -0.4 is 0 Å². The van der Waals surface area contributed by atoms with Gasteiger partial charge < -0.3 is 20.4 Å². The van der Waals surface area contributed by atoms with Crippen molar-refractivity contribution in [3.8, 4) is 0 Å². The lowest BCUT2D eigenvalue weighted by Gasteiger charge is -2.20. The van der Waals surface area contributed by atoms with Crippen LogP contribution in [0.3, 0.4) is 0 Å². The summed E-state index contributed by atoms with van der Waals surface area (Å²) in [7, 11) is 0. The van der Waals surface area contributed by atoms with Crippen molar-refractivity contribution in [3.63, 3.8) is 0 Å². The van der Waals surface area contributed by atoms with Crippen molar-refractivity contribution in [1.29, 1.82) is 0 Å². The Kier molecular flexibility index (Phi) is 6.28. The van der Waals surface area contributed by atoms with Gasteiger partial charge in [0.2, 0.25) is 0 Å². The quantitative estimate of drug-likeness (QED) is 0.492. The van der Waals surface area contributed by atoms with E-state index < -0.39 is 0 Å². The highest BCUT2D eigenvalue weighted by Crippen LogP contribution is 2.18. The second-order valence-corrected chi connectivity index (χ2v) is 4.94. The Morgan fingerprint density at radius 2 is 0.875 bits per heavy atom. The first-order valence-electron chi connectivity index (χ1n) is 6.30. The Morgan fingerprint density at radius 3 is 1.12 bits per heavy atom. The Balaban J connectivity index is 0.000000160. The smallest absolute Gasteiger partial charge is 0.0564 e. The van der Waals surface area contributed by atoms with E-state index >= 15 is 0 Å². The van der Waals surface area contributed by atoms with Gasteiger partial charge in [0, 0.05) is 0 Å². The number of aliphatic hydroxyl groups is 4. The third-order valence-corrected chi connectivity index (χ3v) is 3.29. The molecule has 16 heavy (non-hydrogen) atoms. The minimum atomic E-state index is -0.237. The first-order valence-corrected chi connectivity index (χ1v) is 6.30. The van der Waals surface area contributed by atoms with Crippen LogP contribution in [-0.2, 0) is 0 Å². The zero-order valence-corrected chi connectivity index (χ0v) is 9.76. The molecule has 2 rings (SSSR count). The average Bonchev–Trinajstić information content (AvgIpc) is 2.23. The predicted octanol–water partition coefficient (Wildman–Crippen LogP) is 0.564. The van der Waals surface area contributed by atoms with Gasteiger partial charge in [-0.1, -0.05) is 0 Å². The Labute approximate surface area is 96.9 Å². The summed E-state index contributed by atoms with van der Waals surface area (Å²) in [6, 6.07) is 0. The monoisotopic (exact) mass is 232 g/mol. The molecule has 0 aromatic rings. The molecule has 0 saturated heterocycles. The molecule has 0 radical (unpaired) electrons. The molecular formula is C12H24O4. The predicted molar refractivity (Wildman–Crippen MR) is 61.0 cm³/mol. The van der Waals surface area contributed by atoms with Crippen LogP contribution in [-0.4, -0.2) is 44.8 Å². The van der Waals surface area contributed by atoms with Gasteiger partial charge in [-0.3, -0.25) is 0 Å². The van der Waals surface area contributed by atoms with Gasteiger partial charge in [-0.25, -0.2) is 0 Å². The maximum atomic E-state index is 8.92. The van der Waals surface area contributed by atoms with E-state index in [0.717, 1.165) is 44.9 Å². The summed E-state index contributed by atoms with van der Waals surface area (Å²) in [5, 5.41) is 35.7. The zero-order chi connectivity index (χ0) is 12.0. The summed E-state index contributed by atoms with van der Waals surface area (Å²) in [4.78, 5) is 0. The van der Waals surface area contributed by atoms with Crippen molar-refractivity contribution in [2.45, 2.75) is 75.8 Å². The van der Waals surface area contributed by atoms with E-state index in [9.17, 15) is 0 Å². The second-order valence-electron chi connectivity index (χ2n) is 4.94. The van der Waals surface area contributed by atoms with E-state index in [-0.39, 0.29) is 24.4 Å². The molecule has 0 heterocycles. The molecule has 2 atom stereocenters. The number of rotatable bonds is 0. The minimum absolute atomic E-state index is 0.140. The first-order chi connectivity index (χ1) is 7.58. The topological polar surface area (TPSA) is 80.9 Å². The van der Waals surface area contributed by atoms with Crippen molar-refractivity contribution < 1.29 is 20.4 Å². The number of hydrogen-bond acceptors (Lipinski definition) is 4. The SMILES string of the molecule is OC1CCC(O)CC1.OC1CCCC(O)C1. The highest BCUT2D eigenvalue weighted by atomic mass is 16.3. The fourth-order valence-corrected chi connectivity index (χ4v) is 2.20. The van der Waals surface area contributed by atoms with Crippen molar-refractivity contribution in [2.75, 3.05) is 0 Å². The summed E-state index contributed by atoms with van der Waals surface area (Å²) < 4.78 is 0. The molecule has 0 aliphatic heterocycles. The van der Waals surface area contributed by atoms with Crippen LogP contribution in [0.5, 0.6) is 0 Å². The lowest BCUT2D eigenvalue weighted by molar-refractivity contribution is 0.0406. The van der Waals surface area contributed by atoms with Gasteiger partial charge in [0.05, 0.1) is 24.4 Å². The Hall–Kier alpha value is -0.160. The normalized spacial score (nSPS) is 39.8. The van der Waals surface area contributed by atoms with Gasteiger partial charge in [0.25, 0.3) is 0 Å². The standard InChI is InChI=1S/2C6H12O2/c7-5-1-2-6(8)4-3-5;7-5-2-1-3-6(8)4-5/h2*5-8H,1-4H2. The molecule has 96 valence electrons. The number of aliphatic hydroxyl groups excluding tert-OH is 4. The molecule has 0 amide bonds. The molecule has 4 N–H and O–H groups in total. The third-order valence-electron chi connectivity index (χ3n) is 3.29. The average molecular weight is 232 g/mol. The molecule has 0 aromatic carbocycles. The van der Waals surface area contributed by atoms with Gasteiger partial charge >= 0.3 is 0 Å². The van der Waals surface area contributed by atoms with Crippen LogP contribution in [0.15, 0.2) is 0 Å². The molecule has 0 aromatic heterocycles. The van der Waals surface area contributed by atoms with Gasteiger partial charge in [-0.2, -0.15) is 0 Å². The van der Waals surface area contributed by atoms with Crippen molar-refractivity contribution in [1.82, 2.24) is 0 Å². The largest absolute Gasteiger partial charge is 0.393 e. The Morgan fingerprint density at radius 1 is 0.500 bits per heavy atom. The van der Waals surface area contributed by atoms with Gasteiger partial charge in [0.1, 0.15) is 0 Å². The van der Waals surface area contributed by atoms with Crippen LogP contribution >= 0.6 is 0 Å². The molecule has 4 nitrogen and oxygen atoms in total. The molecular weight excluding hydrogens is 208 g/mol. The highest BCUT2D eigenvalue weighted by Gasteiger charge is 2.17. The van der Waals surface area contributed by atoms with Gasteiger partial charge in [0.15, 0.2) is 0 Å². The summed E-state index contributed by atoms with van der Waals surface area (Å²) >= 11 is 0. The summed E-state index contributed by atoms with van der Waals surface area (Å²) in [6.07, 6.45) is 5.66. The minimum Gasteiger partial charge on any atom is -0.393 e. The van der Waals surface area contributed by atoms with E-state index in [4.69, 9.17) is 20.4 Å². The van der Waals surface area contributed by atoms with Crippen LogP contribution in [0.4, 0.5) is 0 Å². The van der Waals surface area contributed by atoms with Crippen LogP contribution in [0.2, 0.25) is 0 Å². The van der Waals surface area contributed by atoms with Gasteiger partial charge in [-0.15, -0.1) is 0 Å². The van der Waals surface area contributed by atoms with E-state index in [2.05, 4.69) is 0 Å². The zero-order valence-electron chi connectivity index (χ0n) is 9.76. The lowest BCUT2D eigenvalue weighted by Crippen LogP contribution is -2.22. The summed E-state index contributed by atoms with van der Waals surface area (Å²) in [5.74, 6) is 0. The summed E-state index contributed by atoms with van der Waals surface area (Å²) in [5.41, 5.74) is 0. The van der Waals surface area contributed by atoms with Crippen LogP contribution in [0.1, 0.15) is 51.4 Å². The van der Waals surface area contributed by atoms with Crippen molar-refractivity contribution in [3.05, 3.63) is 0 Å².